The third-order valence-corrected chi connectivity index (χ3v) is 3.70. The summed E-state index contributed by atoms with van der Waals surface area (Å²) < 4.78 is 16.6. The second-order valence-electron chi connectivity index (χ2n) is 5.12. The lowest BCUT2D eigenvalue weighted by Gasteiger charge is -2.19. The zero-order chi connectivity index (χ0) is 17.5. The molecule has 0 aliphatic carbocycles. The Morgan fingerprint density at radius 3 is 2.83 bits per heavy atom. The maximum Gasteiger partial charge on any atom is 0.347 e. The van der Waals surface area contributed by atoms with Crippen molar-refractivity contribution in [2.75, 3.05) is 19.8 Å². The van der Waals surface area contributed by atoms with Crippen molar-refractivity contribution in [2.45, 2.75) is 39.4 Å². The fourth-order valence-electron chi connectivity index (χ4n) is 2.35. The quantitative estimate of drug-likeness (QED) is 0.670. The van der Waals surface area contributed by atoms with Crippen molar-refractivity contribution in [3.8, 4) is 5.75 Å². The number of carbonyl (C=O) groups is 1. The standard InChI is InChI=1S/C17H22ClNO5/c1-4-13(17(20)22-6-3)24-14-8-7-11(18)9-12(14)16-15(21-5-2)10-23-19-16/h7-9,13,15H,4-6,10H2,1-3H3/t13-,15?/m0/s1. The molecular formula is C17H22ClNO5. The van der Waals surface area contributed by atoms with Gasteiger partial charge in [-0.1, -0.05) is 23.7 Å². The van der Waals surface area contributed by atoms with Gasteiger partial charge in [-0.2, -0.15) is 0 Å². The molecule has 2 atom stereocenters. The van der Waals surface area contributed by atoms with Gasteiger partial charge in [0.2, 0.25) is 0 Å². The smallest absolute Gasteiger partial charge is 0.347 e. The first-order valence-electron chi connectivity index (χ1n) is 8.05. The zero-order valence-electron chi connectivity index (χ0n) is 14.1. The van der Waals surface area contributed by atoms with E-state index in [2.05, 4.69) is 5.16 Å². The van der Waals surface area contributed by atoms with Crippen molar-refractivity contribution < 1.29 is 23.8 Å². The van der Waals surface area contributed by atoms with Gasteiger partial charge < -0.3 is 19.0 Å². The molecule has 1 aromatic carbocycles. The summed E-state index contributed by atoms with van der Waals surface area (Å²) >= 11 is 6.12. The number of ether oxygens (including phenoxy) is 3. The van der Waals surface area contributed by atoms with Gasteiger partial charge in [-0.05, 0) is 38.5 Å². The summed E-state index contributed by atoms with van der Waals surface area (Å²) in [5.41, 5.74) is 1.26. The van der Waals surface area contributed by atoms with Gasteiger partial charge in [0, 0.05) is 17.2 Å². The molecule has 1 aliphatic heterocycles. The lowest BCUT2D eigenvalue weighted by atomic mass is 10.0. The van der Waals surface area contributed by atoms with Crippen molar-refractivity contribution in [1.82, 2.24) is 0 Å². The second-order valence-corrected chi connectivity index (χ2v) is 5.56. The molecule has 24 heavy (non-hydrogen) atoms. The molecule has 0 radical (unpaired) electrons. The molecule has 0 saturated heterocycles. The predicted octanol–water partition coefficient (Wildman–Crippen LogP) is 3.20. The van der Waals surface area contributed by atoms with E-state index in [0.717, 1.165) is 0 Å². The van der Waals surface area contributed by atoms with Gasteiger partial charge in [-0.3, -0.25) is 0 Å². The van der Waals surface area contributed by atoms with E-state index in [9.17, 15) is 4.79 Å². The number of nitrogens with zero attached hydrogens (tertiary/aromatic N) is 1. The van der Waals surface area contributed by atoms with Gasteiger partial charge in [0.15, 0.2) is 6.10 Å². The Kier molecular flexibility index (Phi) is 6.87. The highest BCUT2D eigenvalue weighted by molar-refractivity contribution is 6.31. The van der Waals surface area contributed by atoms with Gasteiger partial charge in [0.25, 0.3) is 0 Å². The van der Waals surface area contributed by atoms with Crippen LogP contribution in [0, 0.1) is 0 Å². The number of oxime groups is 1. The van der Waals surface area contributed by atoms with Crippen LogP contribution < -0.4 is 4.74 Å². The van der Waals surface area contributed by atoms with Crippen LogP contribution in [0.25, 0.3) is 0 Å². The van der Waals surface area contributed by atoms with E-state index < -0.39 is 12.1 Å². The Morgan fingerprint density at radius 1 is 1.38 bits per heavy atom. The van der Waals surface area contributed by atoms with Crippen LogP contribution in [0.3, 0.4) is 0 Å². The fraction of sp³-hybridized carbons (Fsp3) is 0.529. The highest BCUT2D eigenvalue weighted by atomic mass is 35.5. The topological polar surface area (TPSA) is 66.4 Å². The average molecular weight is 356 g/mol. The molecule has 1 aliphatic rings. The normalized spacial score (nSPS) is 17.8. The van der Waals surface area contributed by atoms with E-state index in [1.165, 1.54) is 0 Å². The first-order chi connectivity index (χ1) is 11.6. The molecular weight excluding hydrogens is 334 g/mol. The first-order valence-corrected chi connectivity index (χ1v) is 8.43. The lowest BCUT2D eigenvalue weighted by Crippen LogP contribution is -2.30. The summed E-state index contributed by atoms with van der Waals surface area (Å²) in [4.78, 5) is 17.2. The predicted molar refractivity (Wildman–Crippen MR) is 90.7 cm³/mol. The maximum absolute atomic E-state index is 12.0. The van der Waals surface area contributed by atoms with Crippen molar-refractivity contribution in [3.05, 3.63) is 28.8 Å². The molecule has 0 aromatic heterocycles. The summed E-state index contributed by atoms with van der Waals surface area (Å²) in [5, 5.41) is 4.59. The highest BCUT2D eigenvalue weighted by Crippen LogP contribution is 2.28. The van der Waals surface area contributed by atoms with E-state index in [1.54, 1.807) is 25.1 Å². The van der Waals surface area contributed by atoms with Crippen LogP contribution in [0.15, 0.2) is 23.4 Å². The van der Waals surface area contributed by atoms with Gasteiger partial charge in [0.05, 0.1) is 6.61 Å². The molecule has 7 heteroatoms. The van der Waals surface area contributed by atoms with Crippen LogP contribution in [-0.2, 0) is 19.1 Å². The molecule has 6 nitrogen and oxygen atoms in total. The van der Waals surface area contributed by atoms with E-state index in [0.29, 0.717) is 48.3 Å². The largest absolute Gasteiger partial charge is 0.478 e. The van der Waals surface area contributed by atoms with Crippen LogP contribution in [0.1, 0.15) is 32.8 Å². The van der Waals surface area contributed by atoms with E-state index >= 15 is 0 Å². The van der Waals surface area contributed by atoms with Gasteiger partial charge in [-0.15, -0.1) is 0 Å². The highest BCUT2D eigenvalue weighted by Gasteiger charge is 2.29. The Hall–Kier alpha value is -1.79. The Labute approximate surface area is 146 Å². The van der Waals surface area contributed by atoms with E-state index in [1.807, 2.05) is 13.8 Å². The Balaban J connectivity index is 2.29. The van der Waals surface area contributed by atoms with Crippen molar-refractivity contribution in [2.24, 2.45) is 5.16 Å². The number of hydrogen-bond acceptors (Lipinski definition) is 6. The summed E-state index contributed by atoms with van der Waals surface area (Å²) in [6.45, 7) is 6.69. The molecule has 2 rings (SSSR count). The molecule has 1 unspecified atom stereocenters. The van der Waals surface area contributed by atoms with Gasteiger partial charge >= 0.3 is 5.97 Å². The molecule has 0 N–H and O–H groups in total. The summed E-state index contributed by atoms with van der Waals surface area (Å²) in [6.07, 6.45) is -0.504. The minimum atomic E-state index is -0.696. The van der Waals surface area contributed by atoms with Crippen LogP contribution >= 0.6 is 11.6 Å². The molecule has 0 saturated carbocycles. The molecule has 0 amide bonds. The van der Waals surface area contributed by atoms with Crippen LogP contribution in [0.2, 0.25) is 5.02 Å². The third-order valence-electron chi connectivity index (χ3n) is 3.47. The zero-order valence-corrected chi connectivity index (χ0v) is 14.8. The summed E-state index contributed by atoms with van der Waals surface area (Å²) in [6, 6.07) is 5.14. The summed E-state index contributed by atoms with van der Waals surface area (Å²) in [5.74, 6) is 0.0973. The number of rotatable bonds is 8. The minimum absolute atomic E-state index is 0.293. The van der Waals surface area contributed by atoms with E-state index in [-0.39, 0.29) is 6.10 Å². The van der Waals surface area contributed by atoms with Crippen LogP contribution in [-0.4, -0.2) is 43.7 Å². The summed E-state index contributed by atoms with van der Waals surface area (Å²) in [7, 11) is 0. The fourth-order valence-corrected chi connectivity index (χ4v) is 2.53. The van der Waals surface area contributed by atoms with Crippen molar-refractivity contribution >= 4 is 23.3 Å². The number of hydrogen-bond donors (Lipinski definition) is 0. The second kappa shape index (κ2) is 8.89. The van der Waals surface area contributed by atoms with Gasteiger partial charge in [0.1, 0.15) is 24.2 Å². The number of halogens is 1. The number of carbonyl (C=O) groups excluding carboxylic acids is 1. The average Bonchev–Trinajstić information content (AvgIpc) is 3.02. The maximum atomic E-state index is 12.0. The number of benzene rings is 1. The molecule has 0 bridgehead atoms. The van der Waals surface area contributed by atoms with Gasteiger partial charge in [-0.25, -0.2) is 4.79 Å². The molecule has 132 valence electrons. The van der Waals surface area contributed by atoms with E-state index in [4.69, 9.17) is 30.6 Å². The molecule has 0 fully saturated rings. The Bertz CT molecular complexity index is 605. The molecule has 1 aromatic rings. The number of esters is 1. The first kappa shape index (κ1) is 18.5. The third kappa shape index (κ3) is 4.39. The lowest BCUT2D eigenvalue weighted by molar-refractivity contribution is -0.151. The molecule has 0 spiro atoms. The van der Waals surface area contributed by atoms with Crippen molar-refractivity contribution in [1.29, 1.82) is 0 Å². The van der Waals surface area contributed by atoms with Crippen molar-refractivity contribution in [3.63, 3.8) is 0 Å². The van der Waals surface area contributed by atoms with Crippen LogP contribution in [0.5, 0.6) is 5.75 Å². The minimum Gasteiger partial charge on any atom is -0.478 e. The monoisotopic (exact) mass is 355 g/mol. The Morgan fingerprint density at radius 2 is 2.17 bits per heavy atom. The molecule has 1 heterocycles. The van der Waals surface area contributed by atoms with Crippen LogP contribution in [0.4, 0.5) is 0 Å². The SMILES string of the molecule is CCOC(=O)[C@H](CC)Oc1ccc(Cl)cc1C1=NOCC1OCC.